The van der Waals surface area contributed by atoms with Crippen LogP contribution in [0.2, 0.25) is 0 Å². The number of aliphatic hydroxyl groups is 1. The molecule has 0 radical (unpaired) electrons. The average Bonchev–Trinajstić information content (AvgIpc) is 3.27. The second-order valence-electron chi connectivity index (χ2n) is 5.99. The van der Waals surface area contributed by atoms with Gasteiger partial charge < -0.3 is 10.0 Å². The number of rotatable bonds is 3. The number of hydrogen-bond donors (Lipinski definition) is 1. The van der Waals surface area contributed by atoms with Crippen molar-refractivity contribution in [3.63, 3.8) is 0 Å². The standard InChI is InChI=1S/C15H15N3O3/c19-15(10-3-4-10)8-17(9-15)13-6-5-12(18(20)21)11-2-1-7-16-14(11)13/h1-2,5-7,10,19H,3-4,8-9H2. The van der Waals surface area contributed by atoms with Crippen LogP contribution >= 0.6 is 0 Å². The topological polar surface area (TPSA) is 79.5 Å². The molecule has 1 aromatic heterocycles. The van der Waals surface area contributed by atoms with E-state index in [9.17, 15) is 15.2 Å². The molecular weight excluding hydrogens is 270 g/mol. The summed E-state index contributed by atoms with van der Waals surface area (Å²) in [6.45, 7) is 1.17. The lowest BCUT2D eigenvalue weighted by molar-refractivity contribution is -0.383. The number of nitro groups is 1. The molecule has 6 heteroatoms. The van der Waals surface area contributed by atoms with Crippen LogP contribution in [0.5, 0.6) is 0 Å². The summed E-state index contributed by atoms with van der Waals surface area (Å²) in [4.78, 5) is 17.1. The molecule has 21 heavy (non-hydrogen) atoms. The molecule has 0 unspecified atom stereocenters. The minimum absolute atomic E-state index is 0.0693. The van der Waals surface area contributed by atoms with Crippen LogP contribution in [0.25, 0.3) is 10.9 Å². The van der Waals surface area contributed by atoms with Gasteiger partial charge in [-0.05, 0) is 37.0 Å². The number of benzene rings is 1. The second-order valence-corrected chi connectivity index (χ2v) is 5.99. The molecule has 1 aromatic carbocycles. The molecule has 0 atom stereocenters. The molecule has 2 aliphatic rings. The summed E-state index contributed by atoms with van der Waals surface area (Å²) in [6.07, 6.45) is 3.84. The molecule has 2 aromatic rings. The van der Waals surface area contributed by atoms with Crippen molar-refractivity contribution in [1.82, 2.24) is 4.98 Å². The first-order chi connectivity index (χ1) is 10.1. The maximum absolute atomic E-state index is 11.1. The molecule has 6 nitrogen and oxygen atoms in total. The van der Waals surface area contributed by atoms with Gasteiger partial charge in [-0.2, -0.15) is 0 Å². The normalized spacial score (nSPS) is 20.3. The Hall–Kier alpha value is -2.21. The molecule has 1 aliphatic carbocycles. The van der Waals surface area contributed by atoms with Gasteiger partial charge in [0.25, 0.3) is 5.69 Å². The predicted molar refractivity (Wildman–Crippen MR) is 78.3 cm³/mol. The summed E-state index contributed by atoms with van der Waals surface area (Å²) in [5.41, 5.74) is 0.981. The summed E-state index contributed by atoms with van der Waals surface area (Å²) in [7, 11) is 0. The summed E-state index contributed by atoms with van der Waals surface area (Å²) in [5, 5.41) is 22.1. The first kappa shape index (κ1) is 12.5. The Kier molecular flexibility index (Phi) is 2.47. The van der Waals surface area contributed by atoms with E-state index in [4.69, 9.17) is 0 Å². The Morgan fingerprint density at radius 1 is 1.33 bits per heavy atom. The van der Waals surface area contributed by atoms with Crippen molar-refractivity contribution in [3.05, 3.63) is 40.6 Å². The SMILES string of the molecule is O=[N+]([O-])c1ccc(N2CC(O)(C3CC3)C2)c2ncccc12. The minimum atomic E-state index is -0.580. The average molecular weight is 285 g/mol. The number of hydrogen-bond acceptors (Lipinski definition) is 5. The van der Waals surface area contributed by atoms with Crippen LogP contribution in [0.4, 0.5) is 11.4 Å². The van der Waals surface area contributed by atoms with Crippen LogP contribution in [0, 0.1) is 16.0 Å². The van der Waals surface area contributed by atoms with Crippen LogP contribution in [-0.2, 0) is 0 Å². The maximum atomic E-state index is 11.1. The van der Waals surface area contributed by atoms with Gasteiger partial charge in [0.05, 0.1) is 16.0 Å². The van der Waals surface area contributed by atoms with Gasteiger partial charge in [-0.1, -0.05) is 0 Å². The number of aromatic nitrogens is 1. The van der Waals surface area contributed by atoms with Crippen molar-refractivity contribution in [3.8, 4) is 0 Å². The van der Waals surface area contributed by atoms with E-state index in [1.165, 1.54) is 6.07 Å². The number of pyridine rings is 1. The highest BCUT2D eigenvalue weighted by Gasteiger charge is 2.52. The number of β-amino-alcohol motifs (C(OH)–C–C–N with tert-alkyl or cyclic N) is 1. The van der Waals surface area contributed by atoms with E-state index in [1.54, 1.807) is 24.4 Å². The van der Waals surface area contributed by atoms with Gasteiger partial charge in [-0.15, -0.1) is 0 Å². The highest BCUT2D eigenvalue weighted by atomic mass is 16.6. The first-order valence-electron chi connectivity index (χ1n) is 7.08. The Bertz CT molecular complexity index is 736. The quantitative estimate of drug-likeness (QED) is 0.690. The van der Waals surface area contributed by atoms with Crippen molar-refractivity contribution in [1.29, 1.82) is 0 Å². The molecule has 0 spiro atoms. The zero-order chi connectivity index (χ0) is 14.6. The number of anilines is 1. The van der Waals surface area contributed by atoms with Gasteiger partial charge in [0.2, 0.25) is 0 Å². The van der Waals surface area contributed by atoms with E-state index in [1.807, 2.05) is 0 Å². The lowest BCUT2D eigenvalue weighted by Crippen LogP contribution is -2.63. The fourth-order valence-corrected chi connectivity index (χ4v) is 3.22. The zero-order valence-corrected chi connectivity index (χ0v) is 11.4. The number of nitro benzene ring substituents is 1. The number of nitrogens with zero attached hydrogens (tertiary/aromatic N) is 3. The van der Waals surface area contributed by atoms with Gasteiger partial charge in [0, 0.05) is 25.4 Å². The Morgan fingerprint density at radius 3 is 2.76 bits per heavy atom. The third-order valence-electron chi connectivity index (χ3n) is 4.53. The molecule has 0 amide bonds. The van der Waals surface area contributed by atoms with E-state index in [2.05, 4.69) is 9.88 Å². The third kappa shape index (κ3) is 1.86. The molecule has 2 fully saturated rings. The Labute approximate surface area is 121 Å². The van der Waals surface area contributed by atoms with E-state index >= 15 is 0 Å². The van der Waals surface area contributed by atoms with Crippen LogP contribution < -0.4 is 4.90 Å². The zero-order valence-electron chi connectivity index (χ0n) is 11.4. The van der Waals surface area contributed by atoms with Crippen LogP contribution in [-0.4, -0.2) is 33.7 Å². The maximum Gasteiger partial charge on any atom is 0.278 e. The van der Waals surface area contributed by atoms with Gasteiger partial charge in [0.1, 0.15) is 11.1 Å². The molecule has 2 heterocycles. The minimum Gasteiger partial charge on any atom is -0.386 e. The second kappa shape index (κ2) is 4.14. The fourth-order valence-electron chi connectivity index (χ4n) is 3.22. The lowest BCUT2D eigenvalue weighted by Gasteiger charge is -2.48. The molecule has 1 saturated carbocycles. The number of fused-ring (bicyclic) bond motifs is 1. The molecule has 108 valence electrons. The van der Waals surface area contributed by atoms with Crippen molar-refractivity contribution in [2.75, 3.05) is 18.0 Å². The van der Waals surface area contributed by atoms with Crippen LogP contribution in [0.1, 0.15) is 12.8 Å². The Morgan fingerprint density at radius 2 is 2.10 bits per heavy atom. The molecule has 1 saturated heterocycles. The third-order valence-corrected chi connectivity index (χ3v) is 4.53. The van der Waals surface area contributed by atoms with Crippen LogP contribution in [0.3, 0.4) is 0 Å². The van der Waals surface area contributed by atoms with Crippen molar-refractivity contribution < 1.29 is 10.0 Å². The summed E-state index contributed by atoms with van der Waals surface area (Å²) in [5.74, 6) is 0.422. The highest BCUT2D eigenvalue weighted by Crippen LogP contribution is 2.46. The smallest absolute Gasteiger partial charge is 0.278 e. The van der Waals surface area contributed by atoms with Gasteiger partial charge in [0.15, 0.2) is 0 Å². The molecule has 1 aliphatic heterocycles. The van der Waals surface area contributed by atoms with Crippen molar-refractivity contribution in [2.24, 2.45) is 5.92 Å². The van der Waals surface area contributed by atoms with E-state index < -0.39 is 5.60 Å². The van der Waals surface area contributed by atoms with Crippen LogP contribution in [0.15, 0.2) is 30.5 Å². The summed E-state index contributed by atoms with van der Waals surface area (Å²) >= 11 is 0. The van der Waals surface area contributed by atoms with Crippen molar-refractivity contribution >= 4 is 22.3 Å². The molecule has 1 N–H and O–H groups in total. The molecule has 0 bridgehead atoms. The molecule has 4 rings (SSSR count). The lowest BCUT2D eigenvalue weighted by atomic mass is 9.88. The Balaban J connectivity index is 1.74. The van der Waals surface area contributed by atoms with Gasteiger partial charge in [-0.25, -0.2) is 0 Å². The largest absolute Gasteiger partial charge is 0.386 e. The summed E-state index contributed by atoms with van der Waals surface area (Å²) in [6, 6.07) is 6.68. The number of non-ortho nitro benzene ring substituents is 1. The van der Waals surface area contributed by atoms with E-state index in [0.717, 1.165) is 18.5 Å². The van der Waals surface area contributed by atoms with E-state index in [-0.39, 0.29) is 10.6 Å². The molecular formula is C15H15N3O3. The van der Waals surface area contributed by atoms with Gasteiger partial charge in [-0.3, -0.25) is 15.1 Å². The van der Waals surface area contributed by atoms with Crippen molar-refractivity contribution in [2.45, 2.75) is 18.4 Å². The predicted octanol–water partition coefficient (Wildman–Crippen LogP) is 2.10. The summed E-state index contributed by atoms with van der Waals surface area (Å²) < 4.78 is 0. The van der Waals surface area contributed by atoms with Gasteiger partial charge >= 0.3 is 0 Å². The fraction of sp³-hybridized carbons (Fsp3) is 0.400. The highest BCUT2D eigenvalue weighted by molar-refractivity contribution is 5.97. The van der Waals surface area contributed by atoms with E-state index in [0.29, 0.717) is 29.9 Å². The monoisotopic (exact) mass is 285 g/mol. The first-order valence-corrected chi connectivity index (χ1v) is 7.08.